The summed E-state index contributed by atoms with van der Waals surface area (Å²) in [5.74, 6) is 0.173. The van der Waals surface area contributed by atoms with E-state index in [1.165, 1.54) is 10.5 Å². The fourth-order valence-corrected chi connectivity index (χ4v) is 2.18. The van der Waals surface area contributed by atoms with Crippen molar-refractivity contribution >= 4 is 17.5 Å². The van der Waals surface area contributed by atoms with E-state index in [-0.39, 0.29) is 5.78 Å². The normalized spacial score (nSPS) is 10.3. The van der Waals surface area contributed by atoms with Crippen molar-refractivity contribution in [2.45, 2.75) is 18.2 Å². The van der Waals surface area contributed by atoms with E-state index in [2.05, 4.69) is 0 Å². The molecule has 0 aliphatic rings. The summed E-state index contributed by atoms with van der Waals surface area (Å²) in [6.45, 7) is 2.05. The highest BCUT2D eigenvalue weighted by Gasteiger charge is 2.06. The van der Waals surface area contributed by atoms with E-state index in [0.29, 0.717) is 6.42 Å². The van der Waals surface area contributed by atoms with Gasteiger partial charge >= 0.3 is 0 Å². The third-order valence-electron chi connectivity index (χ3n) is 2.90. The van der Waals surface area contributed by atoms with Crippen molar-refractivity contribution in [2.75, 3.05) is 6.26 Å². The van der Waals surface area contributed by atoms with Crippen LogP contribution >= 0.6 is 11.8 Å². The number of hydrogen-bond donors (Lipinski definition) is 0. The number of thioether (sulfide) groups is 1. The Bertz CT molecular complexity index is 526. The number of carbonyl (C=O) groups excluding carboxylic acids is 1. The largest absolute Gasteiger partial charge is 0.294 e. The molecular weight excluding hydrogens is 240 g/mol. The van der Waals surface area contributed by atoms with E-state index in [4.69, 9.17) is 0 Å². The van der Waals surface area contributed by atoms with Gasteiger partial charge in [-0.1, -0.05) is 42.0 Å². The molecule has 2 aromatic carbocycles. The molecule has 0 saturated heterocycles. The van der Waals surface area contributed by atoms with Crippen LogP contribution in [0.4, 0.5) is 0 Å². The maximum Gasteiger partial charge on any atom is 0.167 e. The number of ketones is 1. The van der Waals surface area contributed by atoms with E-state index >= 15 is 0 Å². The summed E-state index contributed by atoms with van der Waals surface area (Å²) in [7, 11) is 0. The second-order valence-electron chi connectivity index (χ2n) is 4.31. The molecule has 2 aromatic rings. The van der Waals surface area contributed by atoms with Crippen LogP contribution in [-0.4, -0.2) is 12.0 Å². The first-order valence-electron chi connectivity index (χ1n) is 5.92. The number of carbonyl (C=O) groups is 1. The molecule has 0 unspecified atom stereocenters. The Balaban J connectivity index is 2.09. The number of aryl methyl sites for hydroxylation is 1. The highest BCUT2D eigenvalue weighted by molar-refractivity contribution is 7.98. The Morgan fingerprint density at radius 2 is 1.61 bits per heavy atom. The zero-order chi connectivity index (χ0) is 13.0. The SMILES string of the molecule is CSc1ccc(C(=O)Cc2ccc(C)cc2)cc1. The average molecular weight is 256 g/mol. The second-order valence-corrected chi connectivity index (χ2v) is 5.19. The van der Waals surface area contributed by atoms with Gasteiger partial charge in [-0.3, -0.25) is 4.79 Å². The van der Waals surface area contributed by atoms with E-state index in [1.807, 2.05) is 61.7 Å². The van der Waals surface area contributed by atoms with Gasteiger partial charge in [0, 0.05) is 16.9 Å². The number of hydrogen-bond acceptors (Lipinski definition) is 2. The van der Waals surface area contributed by atoms with Gasteiger partial charge in [0.2, 0.25) is 0 Å². The van der Waals surface area contributed by atoms with Gasteiger partial charge in [0.1, 0.15) is 0 Å². The Labute approximate surface area is 112 Å². The Kier molecular flexibility index (Phi) is 4.21. The lowest BCUT2D eigenvalue weighted by Gasteiger charge is -2.03. The molecule has 0 saturated carbocycles. The van der Waals surface area contributed by atoms with Crippen molar-refractivity contribution in [2.24, 2.45) is 0 Å². The van der Waals surface area contributed by atoms with Crippen LogP contribution in [0, 0.1) is 6.92 Å². The fourth-order valence-electron chi connectivity index (χ4n) is 1.77. The van der Waals surface area contributed by atoms with Gasteiger partial charge in [-0.15, -0.1) is 11.8 Å². The third-order valence-corrected chi connectivity index (χ3v) is 3.64. The predicted molar refractivity (Wildman–Crippen MR) is 77.4 cm³/mol. The molecule has 0 bridgehead atoms. The van der Waals surface area contributed by atoms with Crippen LogP contribution in [0.1, 0.15) is 21.5 Å². The van der Waals surface area contributed by atoms with Gasteiger partial charge in [0.25, 0.3) is 0 Å². The molecule has 0 amide bonds. The highest BCUT2D eigenvalue weighted by Crippen LogP contribution is 2.16. The molecule has 2 heteroatoms. The number of Topliss-reactive ketones (excluding diaryl/α,β-unsaturated/α-hetero) is 1. The zero-order valence-corrected chi connectivity index (χ0v) is 11.5. The molecule has 18 heavy (non-hydrogen) atoms. The first-order valence-corrected chi connectivity index (χ1v) is 7.14. The van der Waals surface area contributed by atoms with Gasteiger partial charge in [-0.05, 0) is 30.9 Å². The Morgan fingerprint density at radius 1 is 1.00 bits per heavy atom. The minimum absolute atomic E-state index is 0.173. The lowest BCUT2D eigenvalue weighted by molar-refractivity contribution is 0.0993. The highest BCUT2D eigenvalue weighted by atomic mass is 32.2. The summed E-state index contributed by atoms with van der Waals surface area (Å²) >= 11 is 1.68. The van der Waals surface area contributed by atoms with Crippen LogP contribution < -0.4 is 0 Å². The van der Waals surface area contributed by atoms with Crippen LogP contribution in [0.15, 0.2) is 53.4 Å². The quantitative estimate of drug-likeness (QED) is 0.604. The average Bonchev–Trinajstić information content (AvgIpc) is 2.41. The first-order chi connectivity index (χ1) is 8.69. The first kappa shape index (κ1) is 12.9. The van der Waals surface area contributed by atoms with Gasteiger partial charge in [0.05, 0.1) is 0 Å². The van der Waals surface area contributed by atoms with E-state index in [9.17, 15) is 4.79 Å². The predicted octanol–water partition coefficient (Wildman–Crippen LogP) is 4.14. The Morgan fingerprint density at radius 3 is 2.17 bits per heavy atom. The summed E-state index contributed by atoms with van der Waals surface area (Å²) < 4.78 is 0. The van der Waals surface area contributed by atoms with Crippen molar-refractivity contribution in [1.82, 2.24) is 0 Å². The number of benzene rings is 2. The molecule has 0 aromatic heterocycles. The summed E-state index contributed by atoms with van der Waals surface area (Å²) in [5, 5.41) is 0. The summed E-state index contributed by atoms with van der Waals surface area (Å²) in [6, 6.07) is 15.9. The summed E-state index contributed by atoms with van der Waals surface area (Å²) in [4.78, 5) is 13.3. The Hall–Kier alpha value is -1.54. The van der Waals surface area contributed by atoms with Crippen LogP contribution in [0.5, 0.6) is 0 Å². The monoisotopic (exact) mass is 256 g/mol. The van der Waals surface area contributed by atoms with Crippen molar-refractivity contribution in [3.8, 4) is 0 Å². The lowest BCUT2D eigenvalue weighted by atomic mass is 10.0. The molecule has 92 valence electrons. The van der Waals surface area contributed by atoms with Crippen LogP contribution in [0.3, 0.4) is 0 Å². The molecule has 0 spiro atoms. The maximum atomic E-state index is 12.1. The molecule has 0 radical (unpaired) electrons. The van der Waals surface area contributed by atoms with E-state index in [0.717, 1.165) is 11.1 Å². The molecule has 1 nitrogen and oxygen atoms in total. The lowest BCUT2D eigenvalue weighted by Crippen LogP contribution is -2.03. The molecule has 0 aliphatic heterocycles. The minimum Gasteiger partial charge on any atom is -0.294 e. The third kappa shape index (κ3) is 3.23. The maximum absolute atomic E-state index is 12.1. The van der Waals surface area contributed by atoms with E-state index < -0.39 is 0 Å². The second kappa shape index (κ2) is 5.87. The van der Waals surface area contributed by atoms with Gasteiger partial charge in [-0.25, -0.2) is 0 Å². The van der Waals surface area contributed by atoms with Crippen LogP contribution in [0.2, 0.25) is 0 Å². The summed E-state index contributed by atoms with van der Waals surface area (Å²) in [5.41, 5.74) is 3.07. The molecule has 0 fully saturated rings. The van der Waals surface area contributed by atoms with Gasteiger partial charge in [-0.2, -0.15) is 0 Å². The van der Waals surface area contributed by atoms with Crippen molar-refractivity contribution < 1.29 is 4.79 Å². The molecule has 0 aliphatic carbocycles. The van der Waals surface area contributed by atoms with Crippen molar-refractivity contribution in [3.05, 3.63) is 65.2 Å². The topological polar surface area (TPSA) is 17.1 Å². The molecule has 2 rings (SSSR count). The van der Waals surface area contributed by atoms with Gasteiger partial charge in [0.15, 0.2) is 5.78 Å². The smallest absolute Gasteiger partial charge is 0.167 e. The molecule has 0 heterocycles. The van der Waals surface area contributed by atoms with Gasteiger partial charge < -0.3 is 0 Å². The van der Waals surface area contributed by atoms with Crippen LogP contribution in [0.25, 0.3) is 0 Å². The molecular formula is C16H16OS. The summed E-state index contributed by atoms with van der Waals surface area (Å²) in [6.07, 6.45) is 2.50. The minimum atomic E-state index is 0.173. The standard InChI is InChI=1S/C16H16OS/c1-12-3-5-13(6-4-12)11-16(17)14-7-9-15(18-2)10-8-14/h3-10H,11H2,1-2H3. The number of rotatable bonds is 4. The van der Waals surface area contributed by atoms with Crippen molar-refractivity contribution in [3.63, 3.8) is 0 Å². The van der Waals surface area contributed by atoms with Crippen LogP contribution in [-0.2, 0) is 6.42 Å². The molecule has 0 N–H and O–H groups in total. The molecule has 0 atom stereocenters. The van der Waals surface area contributed by atoms with E-state index in [1.54, 1.807) is 11.8 Å². The fraction of sp³-hybridized carbons (Fsp3) is 0.188. The van der Waals surface area contributed by atoms with Crippen molar-refractivity contribution in [1.29, 1.82) is 0 Å². The zero-order valence-electron chi connectivity index (χ0n) is 10.6.